The van der Waals surface area contributed by atoms with E-state index in [1.165, 1.54) is 4.68 Å². The number of carbonyl (C=O) groups is 2. The highest BCUT2D eigenvalue weighted by Crippen LogP contribution is 2.28. The maximum atomic E-state index is 13.1. The Kier molecular flexibility index (Phi) is 5.81. The predicted octanol–water partition coefficient (Wildman–Crippen LogP) is 2.26. The summed E-state index contributed by atoms with van der Waals surface area (Å²) in [6, 6.07) is 20.4. The van der Waals surface area contributed by atoms with Crippen LogP contribution in [-0.2, 0) is 16.1 Å². The van der Waals surface area contributed by atoms with Gasteiger partial charge < -0.3 is 18.8 Å². The zero-order valence-corrected chi connectivity index (χ0v) is 20.2. The number of amides is 2. The number of oxazole rings is 1. The number of methoxy groups -OCH3 is 1. The van der Waals surface area contributed by atoms with Crippen LogP contribution in [0.4, 0.5) is 5.69 Å². The van der Waals surface area contributed by atoms with Crippen LogP contribution < -0.4 is 24.7 Å². The second-order valence-corrected chi connectivity index (χ2v) is 8.66. The highest BCUT2D eigenvalue weighted by Gasteiger charge is 2.40. The van der Waals surface area contributed by atoms with E-state index in [2.05, 4.69) is 15.6 Å². The summed E-state index contributed by atoms with van der Waals surface area (Å²) in [5.41, 5.74) is 3.35. The second kappa shape index (κ2) is 9.45. The lowest BCUT2D eigenvalue weighted by molar-refractivity contribution is -0.677. The molecule has 2 aromatic heterocycles. The molecule has 1 saturated heterocycles. The van der Waals surface area contributed by atoms with Crippen molar-refractivity contribution in [3.05, 3.63) is 78.5 Å². The quantitative estimate of drug-likeness (QED) is 0.258. The fourth-order valence-electron chi connectivity index (χ4n) is 4.37. The number of anilines is 1. The molecule has 1 aliphatic heterocycles. The van der Waals surface area contributed by atoms with Crippen LogP contribution in [0, 0.1) is 0 Å². The van der Waals surface area contributed by atoms with Gasteiger partial charge in [-0.25, -0.2) is 9.88 Å². The van der Waals surface area contributed by atoms with Gasteiger partial charge in [0.2, 0.25) is 17.5 Å². The van der Waals surface area contributed by atoms with Crippen molar-refractivity contribution in [3.8, 4) is 28.8 Å². The molecule has 0 bridgehead atoms. The summed E-state index contributed by atoms with van der Waals surface area (Å²) in [7, 11) is 1.55. The Balaban J connectivity index is 1.16. The lowest BCUT2D eigenvalue weighted by Crippen LogP contribution is -2.43. The van der Waals surface area contributed by atoms with Crippen molar-refractivity contribution in [2.45, 2.75) is 19.0 Å². The molecule has 1 N–H and O–H groups in total. The summed E-state index contributed by atoms with van der Waals surface area (Å²) in [6.07, 6.45) is -0.0479. The van der Waals surface area contributed by atoms with Crippen LogP contribution in [0.15, 0.2) is 81.7 Å². The maximum Gasteiger partial charge on any atom is 0.253 e. The minimum absolute atomic E-state index is 0.0252. The Hall–Kier alpha value is -5.03. The smallest absolute Gasteiger partial charge is 0.253 e. The largest absolute Gasteiger partial charge is 0.539 e. The van der Waals surface area contributed by atoms with Gasteiger partial charge in [-0.3, -0.25) is 14.9 Å². The predicted molar refractivity (Wildman–Crippen MR) is 131 cm³/mol. The van der Waals surface area contributed by atoms with E-state index in [1.807, 2.05) is 24.3 Å². The van der Waals surface area contributed by atoms with Gasteiger partial charge in [0.25, 0.3) is 11.6 Å². The van der Waals surface area contributed by atoms with Gasteiger partial charge in [0, 0.05) is 17.7 Å². The zero-order chi connectivity index (χ0) is 26.2. The fourth-order valence-corrected chi connectivity index (χ4v) is 4.37. The highest BCUT2D eigenvalue weighted by atomic mass is 16.6. The first-order valence-corrected chi connectivity index (χ1v) is 11.8. The van der Waals surface area contributed by atoms with Gasteiger partial charge in [-0.05, 0) is 53.2 Å². The molecule has 0 spiro atoms. The van der Waals surface area contributed by atoms with Crippen LogP contribution >= 0.6 is 0 Å². The number of imide groups is 1. The summed E-state index contributed by atoms with van der Waals surface area (Å²) in [5.74, 6) is -0.306. The zero-order valence-electron chi connectivity index (χ0n) is 20.2. The SMILES string of the molecule is COc1ccc(-[n+]2noc([O-])c2CNC2CC(=O)N(c3ccc(-c4nc5ccccc5o4)cc3)C2=O)cc1. The molecular formula is C27H21N5O6. The van der Waals surface area contributed by atoms with Crippen molar-refractivity contribution in [2.24, 2.45) is 0 Å². The third-order valence-corrected chi connectivity index (χ3v) is 6.34. The molecule has 0 saturated carbocycles. The van der Waals surface area contributed by atoms with Crippen molar-refractivity contribution in [1.82, 2.24) is 15.6 Å². The first kappa shape index (κ1) is 23.4. The van der Waals surface area contributed by atoms with Crippen LogP contribution in [0.3, 0.4) is 0 Å². The molecular weight excluding hydrogens is 490 g/mol. The lowest BCUT2D eigenvalue weighted by Gasteiger charge is -2.15. The third-order valence-electron chi connectivity index (χ3n) is 6.34. The number of para-hydroxylation sites is 2. The Morgan fingerprint density at radius 2 is 1.84 bits per heavy atom. The monoisotopic (exact) mass is 511 g/mol. The molecule has 190 valence electrons. The molecule has 6 rings (SSSR count). The third kappa shape index (κ3) is 4.14. The summed E-state index contributed by atoms with van der Waals surface area (Å²) in [5, 5.41) is 19.1. The number of nitrogens with one attached hydrogen (secondary N) is 1. The number of rotatable bonds is 7. The van der Waals surface area contributed by atoms with E-state index in [1.54, 1.807) is 55.6 Å². The molecule has 5 aromatic rings. The topological polar surface area (TPSA) is 138 Å². The average molecular weight is 511 g/mol. The van der Waals surface area contributed by atoms with E-state index in [-0.39, 0.29) is 24.6 Å². The number of hydrogen-bond acceptors (Lipinski definition) is 9. The summed E-state index contributed by atoms with van der Waals surface area (Å²) < 4.78 is 17.1. The number of nitrogens with zero attached hydrogens (tertiary/aromatic N) is 4. The Bertz CT molecular complexity index is 1610. The van der Waals surface area contributed by atoms with E-state index in [4.69, 9.17) is 13.7 Å². The highest BCUT2D eigenvalue weighted by molar-refractivity contribution is 6.22. The van der Waals surface area contributed by atoms with Crippen molar-refractivity contribution < 1.29 is 33.1 Å². The number of benzene rings is 3. The Morgan fingerprint density at radius 1 is 1.08 bits per heavy atom. The summed E-state index contributed by atoms with van der Waals surface area (Å²) in [4.78, 5) is 31.5. The van der Waals surface area contributed by atoms with Crippen LogP contribution in [-0.4, -0.2) is 35.2 Å². The van der Waals surface area contributed by atoms with Crippen LogP contribution in [0.1, 0.15) is 12.1 Å². The minimum atomic E-state index is -0.808. The standard InChI is InChI=1S/C27H21N5O6/c1-36-19-12-10-18(11-13-19)32-22(27(35)38-30-32)15-28-21-14-24(33)31(26(21)34)17-8-6-16(7-9-17)25-29-20-4-2-3-5-23(20)37-25/h2-13,21,28H,14-15H2,1H3. The van der Waals surface area contributed by atoms with Gasteiger partial charge in [-0.15, -0.1) is 0 Å². The number of fused-ring (bicyclic) bond motifs is 1. The molecule has 1 unspecified atom stereocenters. The average Bonchev–Trinajstić information content (AvgIpc) is 3.62. The minimum Gasteiger partial charge on any atom is -0.539 e. The molecule has 1 fully saturated rings. The Labute approximate surface area is 215 Å². The van der Waals surface area contributed by atoms with E-state index in [0.29, 0.717) is 28.6 Å². The van der Waals surface area contributed by atoms with E-state index < -0.39 is 17.9 Å². The fraction of sp³-hybridized carbons (Fsp3) is 0.148. The van der Waals surface area contributed by atoms with Crippen molar-refractivity contribution >= 4 is 28.6 Å². The molecule has 38 heavy (non-hydrogen) atoms. The van der Waals surface area contributed by atoms with Crippen LogP contribution in [0.2, 0.25) is 0 Å². The first-order valence-electron chi connectivity index (χ1n) is 11.8. The van der Waals surface area contributed by atoms with Crippen molar-refractivity contribution in [1.29, 1.82) is 0 Å². The van der Waals surface area contributed by atoms with Gasteiger partial charge >= 0.3 is 0 Å². The molecule has 2 amide bonds. The first-order chi connectivity index (χ1) is 18.5. The number of carbonyl (C=O) groups excluding carboxylic acids is 2. The number of hydrogen-bond donors (Lipinski definition) is 1. The van der Waals surface area contributed by atoms with Crippen molar-refractivity contribution in [2.75, 3.05) is 12.0 Å². The maximum absolute atomic E-state index is 13.1. The summed E-state index contributed by atoms with van der Waals surface area (Å²) >= 11 is 0. The lowest BCUT2D eigenvalue weighted by atomic mass is 10.2. The summed E-state index contributed by atoms with van der Waals surface area (Å²) in [6.45, 7) is -0.0252. The molecule has 11 heteroatoms. The van der Waals surface area contributed by atoms with Gasteiger partial charge in [0.15, 0.2) is 11.5 Å². The Morgan fingerprint density at radius 3 is 2.58 bits per heavy atom. The molecule has 11 nitrogen and oxygen atoms in total. The molecule has 1 aliphatic rings. The molecule has 0 radical (unpaired) electrons. The van der Waals surface area contributed by atoms with E-state index in [0.717, 1.165) is 16.0 Å². The van der Waals surface area contributed by atoms with Gasteiger partial charge in [-0.1, -0.05) is 12.1 Å². The van der Waals surface area contributed by atoms with E-state index in [9.17, 15) is 14.7 Å². The number of ether oxygens (including phenoxy) is 1. The van der Waals surface area contributed by atoms with Crippen molar-refractivity contribution in [3.63, 3.8) is 0 Å². The van der Waals surface area contributed by atoms with Gasteiger partial charge in [0.05, 0.1) is 37.1 Å². The molecule has 3 heterocycles. The molecule has 0 aliphatic carbocycles. The van der Waals surface area contributed by atoms with E-state index >= 15 is 0 Å². The second-order valence-electron chi connectivity index (χ2n) is 8.66. The van der Waals surface area contributed by atoms with Crippen LogP contribution in [0.25, 0.3) is 28.2 Å². The normalized spacial score (nSPS) is 15.5. The van der Waals surface area contributed by atoms with Gasteiger partial charge in [-0.2, -0.15) is 0 Å². The molecule has 1 atom stereocenters. The van der Waals surface area contributed by atoms with Gasteiger partial charge in [0.1, 0.15) is 11.3 Å². The van der Waals surface area contributed by atoms with Crippen LogP contribution in [0.5, 0.6) is 11.7 Å². The number of aromatic nitrogens is 3. The molecule has 3 aromatic carbocycles.